The van der Waals surface area contributed by atoms with Gasteiger partial charge < -0.3 is 10.1 Å². The number of rotatable bonds is 6. The Labute approximate surface area is 175 Å². The summed E-state index contributed by atoms with van der Waals surface area (Å²) >= 11 is 7.43. The number of benzene rings is 1. The Kier molecular flexibility index (Phi) is 7.13. The van der Waals surface area contributed by atoms with E-state index in [9.17, 15) is 9.59 Å². The number of carbonyl (C=O) groups excluding carboxylic acids is 2. The Morgan fingerprint density at radius 2 is 1.86 bits per heavy atom. The molecular formula is C22H26ClNO3S. The highest BCUT2D eigenvalue weighted by atomic mass is 35.5. The van der Waals surface area contributed by atoms with E-state index in [0.717, 1.165) is 28.8 Å². The molecule has 150 valence electrons. The van der Waals surface area contributed by atoms with Crippen LogP contribution in [0, 0.1) is 12.8 Å². The first-order chi connectivity index (χ1) is 13.5. The van der Waals surface area contributed by atoms with Gasteiger partial charge in [-0.1, -0.05) is 43.0 Å². The summed E-state index contributed by atoms with van der Waals surface area (Å²) in [6, 6.07) is 7.36. The summed E-state index contributed by atoms with van der Waals surface area (Å²) in [5, 5.41) is 4.20. The fourth-order valence-electron chi connectivity index (χ4n) is 3.83. The number of ether oxygens (including phenoxy) is 1. The van der Waals surface area contributed by atoms with E-state index in [-0.39, 0.29) is 12.5 Å². The van der Waals surface area contributed by atoms with Gasteiger partial charge in [-0.2, -0.15) is 0 Å². The lowest BCUT2D eigenvalue weighted by molar-refractivity contribution is -0.117. The molecule has 1 amide bonds. The lowest BCUT2D eigenvalue weighted by atomic mass is 9.87. The lowest BCUT2D eigenvalue weighted by Crippen LogP contribution is -2.19. The van der Waals surface area contributed by atoms with Crippen molar-refractivity contribution >= 4 is 39.8 Å². The van der Waals surface area contributed by atoms with Crippen LogP contribution >= 0.6 is 22.9 Å². The molecular weight excluding hydrogens is 394 g/mol. The second-order valence-electron chi connectivity index (χ2n) is 7.22. The second-order valence-corrected chi connectivity index (χ2v) is 8.88. The molecule has 1 N–H and O–H groups in total. The van der Waals surface area contributed by atoms with Crippen LogP contribution in [0.1, 0.15) is 60.7 Å². The third-order valence-corrected chi connectivity index (χ3v) is 6.42. The van der Waals surface area contributed by atoms with Crippen LogP contribution in [0.25, 0.3) is 11.1 Å². The highest BCUT2D eigenvalue weighted by Crippen LogP contribution is 2.41. The van der Waals surface area contributed by atoms with Crippen molar-refractivity contribution in [2.24, 2.45) is 5.92 Å². The fraction of sp³-hybridized carbons (Fsp3) is 0.455. The number of esters is 1. The van der Waals surface area contributed by atoms with Gasteiger partial charge in [-0.3, -0.25) is 4.79 Å². The Bertz CT molecular complexity index is 838. The van der Waals surface area contributed by atoms with Crippen molar-refractivity contribution in [1.82, 2.24) is 0 Å². The molecule has 1 heterocycles. The molecule has 3 rings (SSSR count). The minimum absolute atomic E-state index is 0.0265. The topological polar surface area (TPSA) is 55.4 Å². The Hall–Kier alpha value is -1.85. The molecule has 0 saturated heterocycles. The molecule has 28 heavy (non-hydrogen) atoms. The van der Waals surface area contributed by atoms with Crippen molar-refractivity contribution in [3.05, 3.63) is 39.7 Å². The van der Waals surface area contributed by atoms with Crippen molar-refractivity contribution in [1.29, 1.82) is 0 Å². The van der Waals surface area contributed by atoms with Gasteiger partial charge in [-0.05, 0) is 50.3 Å². The van der Waals surface area contributed by atoms with Crippen LogP contribution < -0.4 is 5.32 Å². The SMILES string of the molecule is CCOC(=O)c1c(NC(=O)CC2CCCCC2)sc(C)c1-c1ccc(Cl)cc1. The van der Waals surface area contributed by atoms with Crippen LogP contribution in [0.2, 0.25) is 5.02 Å². The van der Waals surface area contributed by atoms with Gasteiger partial charge in [0.25, 0.3) is 0 Å². The molecule has 0 aliphatic heterocycles. The number of hydrogen-bond acceptors (Lipinski definition) is 4. The van der Waals surface area contributed by atoms with E-state index in [1.165, 1.54) is 30.6 Å². The molecule has 4 nitrogen and oxygen atoms in total. The number of amides is 1. The fourth-order valence-corrected chi connectivity index (χ4v) is 5.03. The molecule has 0 spiro atoms. The highest BCUT2D eigenvalue weighted by Gasteiger charge is 2.26. The van der Waals surface area contributed by atoms with Crippen LogP contribution in [0.3, 0.4) is 0 Å². The van der Waals surface area contributed by atoms with Crippen molar-refractivity contribution in [3.63, 3.8) is 0 Å². The van der Waals surface area contributed by atoms with Crippen LogP contribution in [0.15, 0.2) is 24.3 Å². The maximum Gasteiger partial charge on any atom is 0.341 e. The first-order valence-electron chi connectivity index (χ1n) is 9.86. The molecule has 6 heteroatoms. The summed E-state index contributed by atoms with van der Waals surface area (Å²) in [6.07, 6.45) is 6.39. The molecule has 1 aliphatic rings. The Morgan fingerprint density at radius 1 is 1.18 bits per heavy atom. The molecule has 1 saturated carbocycles. The van der Waals surface area contributed by atoms with E-state index in [2.05, 4.69) is 5.32 Å². The molecule has 0 atom stereocenters. The summed E-state index contributed by atoms with van der Waals surface area (Å²) < 4.78 is 5.29. The number of thiophene rings is 1. The molecule has 1 aliphatic carbocycles. The number of hydrogen-bond donors (Lipinski definition) is 1. The summed E-state index contributed by atoms with van der Waals surface area (Å²) in [5.41, 5.74) is 2.12. The standard InChI is InChI=1S/C22H26ClNO3S/c1-3-27-22(26)20-19(16-9-11-17(23)12-10-16)14(2)28-21(20)24-18(25)13-15-7-5-4-6-8-15/h9-12,15H,3-8,13H2,1-2H3,(H,24,25). The van der Waals surface area contributed by atoms with Crippen LogP contribution in [0.4, 0.5) is 5.00 Å². The number of nitrogens with one attached hydrogen (secondary N) is 1. The van der Waals surface area contributed by atoms with Gasteiger partial charge in [0.15, 0.2) is 0 Å². The third kappa shape index (κ3) is 4.95. The third-order valence-electron chi connectivity index (χ3n) is 5.15. The van der Waals surface area contributed by atoms with E-state index in [0.29, 0.717) is 27.9 Å². The quantitative estimate of drug-likeness (QED) is 0.546. The molecule has 2 aromatic rings. The maximum absolute atomic E-state index is 12.7. The number of carbonyl (C=O) groups is 2. The van der Waals surface area contributed by atoms with Crippen molar-refractivity contribution in [2.45, 2.75) is 52.4 Å². The number of halogens is 1. The summed E-state index contributed by atoms with van der Waals surface area (Å²) in [5.74, 6) is 0.00251. The molecule has 0 radical (unpaired) electrons. The van der Waals surface area contributed by atoms with Gasteiger partial charge in [0, 0.05) is 21.9 Å². The van der Waals surface area contributed by atoms with Gasteiger partial charge in [-0.15, -0.1) is 11.3 Å². The maximum atomic E-state index is 12.7. The van der Waals surface area contributed by atoms with E-state index in [1.54, 1.807) is 19.1 Å². The van der Waals surface area contributed by atoms with E-state index >= 15 is 0 Å². The van der Waals surface area contributed by atoms with Gasteiger partial charge in [0.05, 0.1) is 6.61 Å². The zero-order chi connectivity index (χ0) is 20.1. The molecule has 1 aromatic heterocycles. The first-order valence-corrected chi connectivity index (χ1v) is 11.0. The van der Waals surface area contributed by atoms with Crippen LogP contribution in [-0.4, -0.2) is 18.5 Å². The molecule has 1 fully saturated rings. The summed E-state index contributed by atoms with van der Waals surface area (Å²) in [7, 11) is 0. The van der Waals surface area contributed by atoms with Crippen molar-refractivity contribution in [2.75, 3.05) is 11.9 Å². The zero-order valence-corrected chi connectivity index (χ0v) is 17.9. The van der Waals surface area contributed by atoms with Crippen molar-refractivity contribution in [3.8, 4) is 11.1 Å². The van der Waals surface area contributed by atoms with E-state index < -0.39 is 5.97 Å². The second kappa shape index (κ2) is 9.57. The normalized spacial score (nSPS) is 14.7. The van der Waals surface area contributed by atoms with Crippen LogP contribution in [0.5, 0.6) is 0 Å². The molecule has 1 aromatic carbocycles. The average molecular weight is 420 g/mol. The van der Waals surface area contributed by atoms with Gasteiger partial charge >= 0.3 is 5.97 Å². The number of aryl methyl sites for hydroxylation is 1. The zero-order valence-electron chi connectivity index (χ0n) is 16.3. The van der Waals surface area contributed by atoms with Crippen molar-refractivity contribution < 1.29 is 14.3 Å². The van der Waals surface area contributed by atoms with Gasteiger partial charge in [-0.25, -0.2) is 4.79 Å². The Morgan fingerprint density at radius 3 is 2.50 bits per heavy atom. The predicted molar refractivity (Wildman–Crippen MR) is 115 cm³/mol. The molecule has 0 unspecified atom stereocenters. The minimum atomic E-state index is -0.412. The largest absolute Gasteiger partial charge is 0.462 e. The molecule has 0 bridgehead atoms. The van der Waals surface area contributed by atoms with Gasteiger partial charge in [0.2, 0.25) is 5.91 Å². The smallest absolute Gasteiger partial charge is 0.341 e. The highest BCUT2D eigenvalue weighted by molar-refractivity contribution is 7.17. The van der Waals surface area contributed by atoms with E-state index in [1.807, 2.05) is 19.1 Å². The van der Waals surface area contributed by atoms with Crippen LogP contribution in [-0.2, 0) is 9.53 Å². The average Bonchev–Trinajstić information content (AvgIpc) is 2.99. The summed E-state index contributed by atoms with van der Waals surface area (Å²) in [6.45, 7) is 4.01. The predicted octanol–water partition coefficient (Wildman–Crippen LogP) is 6.46. The van der Waals surface area contributed by atoms with E-state index in [4.69, 9.17) is 16.3 Å². The Balaban J connectivity index is 1.89. The first kappa shape index (κ1) is 20.9. The monoisotopic (exact) mass is 419 g/mol. The summed E-state index contributed by atoms with van der Waals surface area (Å²) in [4.78, 5) is 26.3. The number of anilines is 1. The lowest BCUT2D eigenvalue weighted by Gasteiger charge is -2.20. The minimum Gasteiger partial charge on any atom is -0.462 e. The van der Waals surface area contributed by atoms with Gasteiger partial charge in [0.1, 0.15) is 10.6 Å².